The van der Waals surface area contributed by atoms with Crippen molar-refractivity contribution in [1.29, 1.82) is 0 Å². The number of hydrogen-bond donors (Lipinski definition) is 0. The Morgan fingerprint density at radius 2 is 0.944 bits per heavy atom. The van der Waals surface area contributed by atoms with Crippen LogP contribution in [0.5, 0.6) is 0 Å². The summed E-state index contributed by atoms with van der Waals surface area (Å²) in [5.74, 6) is 1.96. The topological polar surface area (TPSA) is 40.6 Å². The number of rotatable bonds is 3. The Bertz CT molecular complexity index is 739. The van der Waals surface area contributed by atoms with Crippen LogP contribution in [0.3, 0.4) is 0 Å². The summed E-state index contributed by atoms with van der Waals surface area (Å²) in [5.41, 5.74) is 0.316. The summed E-state index contributed by atoms with van der Waals surface area (Å²) in [4.78, 5) is 2.83. The van der Waals surface area contributed by atoms with Gasteiger partial charge in [0.2, 0.25) is 10.0 Å². The predicted octanol–water partition coefficient (Wildman–Crippen LogP) is 7.53. The quantitative estimate of drug-likeness (QED) is 0.386. The Kier molecular flexibility index (Phi) is 9.77. The molecule has 0 aromatic rings. The molecule has 0 bridgehead atoms. The van der Waals surface area contributed by atoms with Gasteiger partial charge < -0.3 is 4.90 Å². The van der Waals surface area contributed by atoms with Crippen molar-refractivity contribution >= 4 is 10.0 Å². The van der Waals surface area contributed by atoms with E-state index in [0.29, 0.717) is 5.41 Å². The van der Waals surface area contributed by atoms with E-state index in [1.165, 1.54) is 129 Å². The highest BCUT2D eigenvalue weighted by Crippen LogP contribution is 2.52. The van der Waals surface area contributed by atoms with E-state index in [1.807, 2.05) is 4.31 Å². The molecule has 5 fully saturated rings. The van der Waals surface area contributed by atoms with Crippen molar-refractivity contribution in [1.82, 2.24) is 9.21 Å². The van der Waals surface area contributed by atoms with Crippen LogP contribution in [0.25, 0.3) is 0 Å². The molecule has 4 nitrogen and oxygen atoms in total. The van der Waals surface area contributed by atoms with Gasteiger partial charge in [-0.2, -0.15) is 0 Å². The average Bonchev–Trinajstić information content (AvgIpc) is 2.82. The Labute approximate surface area is 223 Å². The standard InChI is InChI=1S/C31H56N2O2S/c34-36(35,30-19-11-7-4-8-12-20-30)33-25-31(26-33)23-29(24-31)32-21-13-17-27-15-9-5-2-1-3-6-10-16-28(27)18-14-22-32/h27-30H,1-26H2. The van der Waals surface area contributed by atoms with Crippen molar-refractivity contribution in [3.05, 3.63) is 0 Å². The molecule has 0 aromatic carbocycles. The van der Waals surface area contributed by atoms with Crippen molar-refractivity contribution < 1.29 is 8.42 Å². The molecule has 2 aliphatic heterocycles. The lowest BCUT2D eigenvalue weighted by Gasteiger charge is -2.61. The minimum atomic E-state index is -3.08. The third kappa shape index (κ3) is 6.71. The summed E-state index contributed by atoms with van der Waals surface area (Å²) in [6.45, 7) is 4.21. The van der Waals surface area contributed by atoms with Crippen molar-refractivity contribution in [2.75, 3.05) is 26.2 Å². The molecule has 0 radical (unpaired) electrons. The van der Waals surface area contributed by atoms with Crippen LogP contribution in [0.2, 0.25) is 0 Å². The Morgan fingerprint density at radius 3 is 1.44 bits per heavy atom. The average molecular weight is 521 g/mol. The number of hydrogen-bond acceptors (Lipinski definition) is 3. The maximum absolute atomic E-state index is 13.3. The number of fused-ring (bicyclic) bond motifs is 1. The molecule has 0 aromatic heterocycles. The van der Waals surface area contributed by atoms with Gasteiger partial charge in [-0.25, -0.2) is 12.7 Å². The van der Waals surface area contributed by atoms with E-state index in [2.05, 4.69) is 4.90 Å². The largest absolute Gasteiger partial charge is 0.300 e. The highest BCUT2D eigenvalue weighted by molar-refractivity contribution is 7.89. The minimum Gasteiger partial charge on any atom is -0.300 e. The maximum atomic E-state index is 13.3. The molecule has 2 atom stereocenters. The van der Waals surface area contributed by atoms with E-state index in [4.69, 9.17) is 0 Å². The fourth-order valence-electron chi connectivity index (χ4n) is 8.78. The summed E-state index contributed by atoms with van der Waals surface area (Å²) >= 11 is 0. The third-order valence-electron chi connectivity index (χ3n) is 11.1. The molecule has 3 saturated carbocycles. The maximum Gasteiger partial charge on any atom is 0.217 e. The fourth-order valence-corrected chi connectivity index (χ4v) is 11.0. The molecule has 5 heteroatoms. The van der Waals surface area contributed by atoms with Crippen molar-refractivity contribution in [2.45, 2.75) is 153 Å². The monoisotopic (exact) mass is 520 g/mol. The zero-order valence-electron chi connectivity index (χ0n) is 23.3. The van der Waals surface area contributed by atoms with Crippen LogP contribution in [-0.4, -0.2) is 55.1 Å². The molecular formula is C31H56N2O2S. The first-order chi connectivity index (χ1) is 17.6. The Hall–Kier alpha value is -0.130. The summed E-state index contributed by atoms with van der Waals surface area (Å²) in [6.07, 6.45) is 29.1. The molecule has 36 heavy (non-hydrogen) atoms. The van der Waals surface area contributed by atoms with Crippen LogP contribution in [0, 0.1) is 17.3 Å². The number of nitrogens with zero attached hydrogens (tertiary/aromatic N) is 2. The first kappa shape index (κ1) is 27.4. The minimum absolute atomic E-state index is 0.0981. The predicted molar refractivity (Wildman–Crippen MR) is 151 cm³/mol. The lowest BCUT2D eigenvalue weighted by Crippen LogP contribution is -2.68. The second kappa shape index (κ2) is 12.8. The van der Waals surface area contributed by atoms with Gasteiger partial charge in [0.15, 0.2) is 0 Å². The van der Waals surface area contributed by atoms with E-state index in [1.54, 1.807) is 0 Å². The van der Waals surface area contributed by atoms with Crippen molar-refractivity contribution in [3.63, 3.8) is 0 Å². The number of sulfonamides is 1. The molecule has 2 heterocycles. The molecule has 3 aliphatic carbocycles. The lowest BCUT2D eigenvalue weighted by atomic mass is 9.61. The molecule has 5 aliphatic rings. The van der Waals surface area contributed by atoms with Gasteiger partial charge in [-0.1, -0.05) is 89.9 Å². The van der Waals surface area contributed by atoms with Gasteiger partial charge in [0.05, 0.1) is 5.25 Å². The van der Waals surface area contributed by atoms with Crippen LogP contribution >= 0.6 is 0 Å². The lowest BCUT2D eigenvalue weighted by molar-refractivity contribution is -0.0760. The zero-order valence-corrected chi connectivity index (χ0v) is 24.1. The summed E-state index contributed by atoms with van der Waals surface area (Å²) in [6, 6.07) is 0.719. The zero-order chi connectivity index (χ0) is 24.8. The highest BCUT2D eigenvalue weighted by Gasteiger charge is 2.57. The van der Waals surface area contributed by atoms with Crippen LogP contribution in [0.4, 0.5) is 0 Å². The van der Waals surface area contributed by atoms with E-state index >= 15 is 0 Å². The van der Waals surface area contributed by atoms with Crippen LogP contribution in [0.15, 0.2) is 0 Å². The molecule has 5 rings (SSSR count). The Morgan fingerprint density at radius 1 is 0.528 bits per heavy atom. The van der Waals surface area contributed by atoms with Gasteiger partial charge in [0.25, 0.3) is 0 Å². The molecule has 0 N–H and O–H groups in total. The highest BCUT2D eigenvalue weighted by atomic mass is 32.2. The third-order valence-corrected chi connectivity index (χ3v) is 13.4. The normalized spacial score (nSPS) is 33.4. The van der Waals surface area contributed by atoms with Gasteiger partial charge in [-0.15, -0.1) is 0 Å². The van der Waals surface area contributed by atoms with Gasteiger partial charge in [-0.05, 0) is 76.3 Å². The second-order valence-corrected chi connectivity index (χ2v) is 15.9. The molecule has 1 spiro atoms. The summed E-state index contributed by atoms with van der Waals surface area (Å²) < 4.78 is 28.5. The van der Waals surface area contributed by atoms with Crippen LogP contribution < -0.4 is 0 Å². The Balaban J connectivity index is 1.09. The fraction of sp³-hybridized carbons (Fsp3) is 1.00. The van der Waals surface area contributed by atoms with Crippen LogP contribution in [0.1, 0.15) is 141 Å². The van der Waals surface area contributed by atoms with Gasteiger partial charge in [0, 0.05) is 24.5 Å². The molecule has 208 valence electrons. The summed E-state index contributed by atoms with van der Waals surface area (Å²) in [7, 11) is -3.08. The first-order valence-electron chi connectivity index (χ1n) is 16.3. The van der Waals surface area contributed by atoms with Crippen molar-refractivity contribution in [3.8, 4) is 0 Å². The van der Waals surface area contributed by atoms with Gasteiger partial charge in [0.1, 0.15) is 0 Å². The smallest absolute Gasteiger partial charge is 0.217 e. The molecular weight excluding hydrogens is 464 g/mol. The first-order valence-corrected chi connectivity index (χ1v) is 17.8. The SMILES string of the molecule is O=S(=O)(C1CCCCCCC1)N1CC2(CC(N3CCCC4CCCCCCCCCC4CCC3)C2)C1. The van der Waals surface area contributed by atoms with E-state index in [9.17, 15) is 8.42 Å². The molecule has 2 saturated heterocycles. The molecule has 0 amide bonds. The van der Waals surface area contributed by atoms with Gasteiger partial charge in [-0.3, -0.25) is 0 Å². The van der Waals surface area contributed by atoms with E-state index in [-0.39, 0.29) is 5.25 Å². The molecule has 2 unspecified atom stereocenters. The van der Waals surface area contributed by atoms with E-state index < -0.39 is 10.0 Å². The van der Waals surface area contributed by atoms with E-state index in [0.717, 1.165) is 56.7 Å². The second-order valence-electron chi connectivity index (χ2n) is 13.7. The van der Waals surface area contributed by atoms with Crippen LogP contribution in [-0.2, 0) is 10.0 Å². The van der Waals surface area contributed by atoms with Crippen molar-refractivity contribution in [2.24, 2.45) is 17.3 Å². The van der Waals surface area contributed by atoms with Gasteiger partial charge >= 0.3 is 0 Å². The summed E-state index contributed by atoms with van der Waals surface area (Å²) in [5, 5.41) is -0.0981.